The first-order valence-electron chi connectivity index (χ1n) is 15.3. The van der Waals surface area contributed by atoms with Crippen LogP contribution in [-0.2, 0) is 15.8 Å². The first-order valence-corrected chi connectivity index (χ1v) is 18.3. The van der Waals surface area contributed by atoms with E-state index >= 15 is 0 Å². The Morgan fingerprint density at radius 1 is 0.907 bits per heavy atom. The number of hydrogen-bond donors (Lipinski definition) is 3. The lowest BCUT2D eigenvalue weighted by Crippen LogP contribution is -2.43. The molecular weight excluding hydrogens is 558 g/mol. The van der Waals surface area contributed by atoms with Gasteiger partial charge in [0.1, 0.15) is 18.0 Å². The third-order valence-electron chi connectivity index (χ3n) is 7.75. The number of H-pyrrole nitrogens is 1. The van der Waals surface area contributed by atoms with Crippen molar-refractivity contribution in [3.63, 3.8) is 0 Å². The molecular formula is C34H51N3O5Si. The molecule has 43 heavy (non-hydrogen) atoms. The first kappa shape index (κ1) is 34.3. The van der Waals surface area contributed by atoms with E-state index in [-0.39, 0.29) is 22.8 Å². The maximum absolute atomic E-state index is 12.4. The van der Waals surface area contributed by atoms with E-state index in [2.05, 4.69) is 55.5 Å². The number of alkyl carbamates (subject to hydrolysis) is 1. The lowest BCUT2D eigenvalue weighted by atomic mass is 10.0. The quantitative estimate of drug-likeness (QED) is 0.130. The Kier molecular flexibility index (Phi) is 12.0. The average molecular weight is 610 g/mol. The molecule has 0 saturated carbocycles. The number of carbonyl (C=O) groups excluding carboxylic acids is 1. The fraction of sp³-hybridized carbons (Fsp3) is 0.529. The van der Waals surface area contributed by atoms with Crippen LogP contribution < -0.4 is 20.9 Å². The normalized spacial score (nSPS) is 13.1. The van der Waals surface area contributed by atoms with Crippen molar-refractivity contribution in [1.82, 2.24) is 15.6 Å². The fourth-order valence-corrected chi connectivity index (χ4v) is 5.70. The van der Waals surface area contributed by atoms with Crippen molar-refractivity contribution in [2.45, 2.75) is 97.2 Å². The number of pyridine rings is 1. The molecule has 1 aromatic heterocycles. The third kappa shape index (κ3) is 10.8. The summed E-state index contributed by atoms with van der Waals surface area (Å²) in [6.45, 7) is 19.3. The molecule has 3 rings (SSSR count). The summed E-state index contributed by atoms with van der Waals surface area (Å²) in [5.74, 6) is 0.638. The zero-order valence-electron chi connectivity index (χ0n) is 27.3. The SMILES string of the molecule is CC(C)(C)OC(=O)NCCCCCNC[C@H](O[Si](C)(C)C(C)(C)C)c1ccc(OCc2ccccc2)c2[nH]c(=O)ccc12. The van der Waals surface area contributed by atoms with E-state index in [1.54, 1.807) is 6.07 Å². The van der Waals surface area contributed by atoms with Crippen LogP contribution in [0.2, 0.25) is 18.1 Å². The van der Waals surface area contributed by atoms with Crippen LogP contribution in [0.15, 0.2) is 59.4 Å². The van der Waals surface area contributed by atoms with Gasteiger partial charge in [-0.05, 0) is 81.5 Å². The number of aromatic nitrogens is 1. The van der Waals surface area contributed by atoms with E-state index < -0.39 is 13.9 Å². The molecule has 9 heteroatoms. The number of unbranched alkanes of at least 4 members (excludes halogenated alkanes) is 2. The van der Waals surface area contributed by atoms with Crippen LogP contribution in [0.25, 0.3) is 10.9 Å². The Morgan fingerprint density at radius 2 is 1.60 bits per heavy atom. The first-order chi connectivity index (χ1) is 20.2. The number of nitrogens with one attached hydrogen (secondary N) is 3. The second kappa shape index (κ2) is 15.0. The summed E-state index contributed by atoms with van der Waals surface area (Å²) >= 11 is 0. The minimum absolute atomic E-state index is 0.0369. The van der Waals surface area contributed by atoms with Gasteiger partial charge in [-0.2, -0.15) is 0 Å². The van der Waals surface area contributed by atoms with E-state index in [9.17, 15) is 9.59 Å². The van der Waals surface area contributed by atoms with Gasteiger partial charge in [0.2, 0.25) is 5.56 Å². The Hall–Kier alpha value is -3.14. The highest BCUT2D eigenvalue weighted by molar-refractivity contribution is 6.74. The van der Waals surface area contributed by atoms with Crippen molar-refractivity contribution in [3.05, 3.63) is 76.1 Å². The molecule has 0 radical (unpaired) electrons. The van der Waals surface area contributed by atoms with Crippen molar-refractivity contribution in [2.24, 2.45) is 0 Å². The zero-order chi connectivity index (χ0) is 31.7. The van der Waals surface area contributed by atoms with Crippen molar-refractivity contribution < 1.29 is 18.7 Å². The predicted octanol–water partition coefficient (Wildman–Crippen LogP) is 7.45. The maximum atomic E-state index is 12.4. The molecule has 3 aromatic rings. The van der Waals surface area contributed by atoms with E-state index in [1.807, 2.05) is 63.2 Å². The highest BCUT2D eigenvalue weighted by Gasteiger charge is 2.39. The van der Waals surface area contributed by atoms with Crippen molar-refractivity contribution in [1.29, 1.82) is 0 Å². The smallest absolute Gasteiger partial charge is 0.407 e. The van der Waals surface area contributed by atoms with Crippen LogP contribution in [0.4, 0.5) is 4.79 Å². The number of rotatable bonds is 14. The number of amides is 1. The molecule has 0 spiro atoms. The summed E-state index contributed by atoms with van der Waals surface area (Å²) in [5.41, 5.74) is 2.10. The Morgan fingerprint density at radius 3 is 2.28 bits per heavy atom. The maximum Gasteiger partial charge on any atom is 0.407 e. The lowest BCUT2D eigenvalue weighted by Gasteiger charge is -2.39. The van der Waals surface area contributed by atoms with E-state index in [0.717, 1.165) is 42.3 Å². The van der Waals surface area contributed by atoms with Crippen LogP contribution in [0.3, 0.4) is 0 Å². The van der Waals surface area contributed by atoms with Crippen molar-refractivity contribution in [2.75, 3.05) is 19.6 Å². The largest absolute Gasteiger partial charge is 0.487 e. The molecule has 1 atom stereocenters. The molecule has 1 heterocycles. The highest BCUT2D eigenvalue weighted by atomic mass is 28.4. The molecule has 8 nitrogen and oxygen atoms in total. The highest BCUT2D eigenvalue weighted by Crippen LogP contribution is 2.41. The molecule has 0 aliphatic rings. The summed E-state index contributed by atoms with van der Waals surface area (Å²) in [6, 6.07) is 17.4. The van der Waals surface area contributed by atoms with Gasteiger partial charge in [0.25, 0.3) is 0 Å². The minimum Gasteiger partial charge on any atom is -0.487 e. The van der Waals surface area contributed by atoms with Gasteiger partial charge in [0.15, 0.2) is 8.32 Å². The van der Waals surface area contributed by atoms with Gasteiger partial charge in [0, 0.05) is 24.5 Å². The summed E-state index contributed by atoms with van der Waals surface area (Å²) in [7, 11) is -2.13. The second-order valence-electron chi connectivity index (χ2n) is 13.6. The van der Waals surface area contributed by atoms with E-state index in [4.69, 9.17) is 13.9 Å². The summed E-state index contributed by atoms with van der Waals surface area (Å²) in [4.78, 5) is 27.2. The predicted molar refractivity (Wildman–Crippen MR) is 177 cm³/mol. The van der Waals surface area contributed by atoms with Crippen LogP contribution in [0.5, 0.6) is 5.75 Å². The molecule has 0 saturated heterocycles. The van der Waals surface area contributed by atoms with Crippen molar-refractivity contribution >= 4 is 25.3 Å². The van der Waals surface area contributed by atoms with Crippen LogP contribution in [0.1, 0.15) is 78.0 Å². The Balaban J connectivity index is 1.71. The van der Waals surface area contributed by atoms with Gasteiger partial charge in [0.05, 0.1) is 11.6 Å². The number of benzene rings is 2. The number of hydrogen-bond acceptors (Lipinski definition) is 6. The van der Waals surface area contributed by atoms with E-state index in [0.29, 0.717) is 31.0 Å². The lowest BCUT2D eigenvalue weighted by molar-refractivity contribution is 0.0527. The van der Waals surface area contributed by atoms with Crippen LogP contribution in [-0.4, -0.2) is 44.6 Å². The summed E-state index contributed by atoms with van der Waals surface area (Å²) in [6.07, 6.45) is 2.26. The summed E-state index contributed by atoms with van der Waals surface area (Å²) in [5, 5.41) is 7.39. The Labute approximate surface area is 258 Å². The summed E-state index contributed by atoms with van der Waals surface area (Å²) < 4.78 is 18.5. The van der Waals surface area contributed by atoms with Crippen LogP contribution in [0, 0.1) is 0 Å². The van der Waals surface area contributed by atoms with Gasteiger partial charge in [-0.25, -0.2) is 4.79 Å². The molecule has 236 valence electrons. The van der Waals surface area contributed by atoms with Crippen LogP contribution >= 0.6 is 0 Å². The number of aromatic amines is 1. The topological polar surface area (TPSA) is 102 Å². The Bertz CT molecular complexity index is 1380. The third-order valence-corrected chi connectivity index (χ3v) is 12.2. The average Bonchev–Trinajstić information content (AvgIpc) is 2.91. The molecule has 0 aliphatic heterocycles. The number of fused-ring (bicyclic) bond motifs is 1. The number of carbonyl (C=O) groups is 1. The molecule has 3 N–H and O–H groups in total. The minimum atomic E-state index is -2.13. The van der Waals surface area contributed by atoms with Gasteiger partial charge >= 0.3 is 6.09 Å². The van der Waals surface area contributed by atoms with Gasteiger partial charge < -0.3 is 29.5 Å². The van der Waals surface area contributed by atoms with Gasteiger partial charge in [-0.3, -0.25) is 4.79 Å². The molecule has 2 aromatic carbocycles. The second-order valence-corrected chi connectivity index (χ2v) is 18.4. The standard InChI is InChI=1S/C34H51N3O5Si/c1-33(2,3)41-32(39)36-22-14-10-13-21-35-23-29(42-43(7,8)34(4,5)6)26-17-19-28(31-27(26)18-20-30(38)37-31)40-24-25-15-11-9-12-16-25/h9,11-12,15-20,29,35H,10,13-14,21-24H2,1-8H3,(H,36,39)(H,37,38)/t29-/m0/s1. The monoisotopic (exact) mass is 609 g/mol. The molecule has 1 amide bonds. The zero-order valence-corrected chi connectivity index (χ0v) is 28.3. The van der Waals surface area contributed by atoms with Gasteiger partial charge in [-0.15, -0.1) is 0 Å². The molecule has 0 bridgehead atoms. The molecule has 0 fully saturated rings. The van der Waals surface area contributed by atoms with Gasteiger partial charge in [-0.1, -0.05) is 63.6 Å². The molecule has 0 unspecified atom stereocenters. The van der Waals surface area contributed by atoms with Crippen molar-refractivity contribution in [3.8, 4) is 5.75 Å². The fourth-order valence-electron chi connectivity index (χ4n) is 4.42. The molecule has 0 aliphatic carbocycles. The van der Waals surface area contributed by atoms with E-state index in [1.165, 1.54) is 0 Å². The number of ether oxygens (including phenoxy) is 2.